The Morgan fingerprint density at radius 2 is 1.87 bits per heavy atom. The largest absolute Gasteiger partial charge is 0.376 e. The molecular formula is C13H25NO. The molecule has 1 N–H and O–H groups in total. The fourth-order valence-electron chi connectivity index (χ4n) is 2.86. The summed E-state index contributed by atoms with van der Waals surface area (Å²) >= 11 is 0. The maximum absolute atomic E-state index is 6.07. The van der Waals surface area contributed by atoms with Gasteiger partial charge in [0.25, 0.3) is 0 Å². The molecule has 88 valence electrons. The molecule has 0 spiro atoms. The number of nitrogens with one attached hydrogen (secondary N) is 1. The van der Waals surface area contributed by atoms with E-state index >= 15 is 0 Å². The zero-order valence-electron chi connectivity index (χ0n) is 10.0. The van der Waals surface area contributed by atoms with E-state index in [1.54, 1.807) is 0 Å². The van der Waals surface area contributed by atoms with Crippen molar-refractivity contribution in [1.29, 1.82) is 0 Å². The van der Waals surface area contributed by atoms with Crippen molar-refractivity contribution < 1.29 is 4.74 Å². The Hall–Kier alpha value is -0.0800. The van der Waals surface area contributed by atoms with Gasteiger partial charge in [-0.3, -0.25) is 0 Å². The predicted molar refractivity (Wildman–Crippen MR) is 63.0 cm³/mol. The molecule has 0 bridgehead atoms. The monoisotopic (exact) mass is 211 g/mol. The number of hydrogen-bond donors (Lipinski definition) is 1. The Morgan fingerprint density at radius 1 is 1.07 bits per heavy atom. The average molecular weight is 211 g/mol. The van der Waals surface area contributed by atoms with E-state index in [4.69, 9.17) is 4.74 Å². The Morgan fingerprint density at radius 3 is 2.60 bits per heavy atom. The summed E-state index contributed by atoms with van der Waals surface area (Å²) in [6.07, 6.45) is 10.1. The van der Waals surface area contributed by atoms with Crippen LogP contribution in [0.3, 0.4) is 0 Å². The van der Waals surface area contributed by atoms with Crippen LogP contribution in [0.15, 0.2) is 0 Å². The van der Waals surface area contributed by atoms with Crippen molar-refractivity contribution in [2.75, 3.05) is 13.2 Å². The Kier molecular flexibility index (Phi) is 4.45. The fourth-order valence-corrected chi connectivity index (χ4v) is 2.86. The lowest BCUT2D eigenvalue weighted by Crippen LogP contribution is -2.44. The van der Waals surface area contributed by atoms with Crippen molar-refractivity contribution in [3.05, 3.63) is 0 Å². The molecule has 2 nitrogen and oxygen atoms in total. The molecule has 2 unspecified atom stereocenters. The molecule has 2 aliphatic rings. The summed E-state index contributed by atoms with van der Waals surface area (Å²) in [7, 11) is 0. The molecule has 2 fully saturated rings. The van der Waals surface area contributed by atoms with Gasteiger partial charge in [0.05, 0.1) is 6.10 Å². The van der Waals surface area contributed by atoms with Crippen molar-refractivity contribution in [3.63, 3.8) is 0 Å². The molecule has 1 saturated heterocycles. The summed E-state index contributed by atoms with van der Waals surface area (Å²) in [5.74, 6) is 0.855. The first-order valence-electron chi connectivity index (χ1n) is 6.71. The summed E-state index contributed by atoms with van der Waals surface area (Å²) in [6.45, 7) is 4.44. The van der Waals surface area contributed by atoms with Crippen LogP contribution in [0.25, 0.3) is 0 Å². The van der Waals surface area contributed by atoms with E-state index in [0.717, 1.165) is 12.5 Å². The van der Waals surface area contributed by atoms with Gasteiger partial charge in [-0.2, -0.15) is 0 Å². The number of hydrogen-bond acceptors (Lipinski definition) is 2. The molecule has 0 aromatic heterocycles. The van der Waals surface area contributed by atoms with E-state index in [-0.39, 0.29) is 0 Å². The fraction of sp³-hybridized carbons (Fsp3) is 1.00. The van der Waals surface area contributed by atoms with Gasteiger partial charge in [-0.15, -0.1) is 0 Å². The van der Waals surface area contributed by atoms with Gasteiger partial charge in [0, 0.05) is 12.6 Å². The first-order chi connectivity index (χ1) is 7.36. The molecule has 1 saturated carbocycles. The molecule has 0 amide bonds. The van der Waals surface area contributed by atoms with Crippen molar-refractivity contribution in [1.82, 2.24) is 5.32 Å². The van der Waals surface area contributed by atoms with Crippen molar-refractivity contribution >= 4 is 0 Å². The Labute approximate surface area is 93.8 Å². The highest BCUT2D eigenvalue weighted by molar-refractivity contribution is 4.78. The van der Waals surface area contributed by atoms with Crippen LogP contribution in [-0.4, -0.2) is 25.3 Å². The average Bonchev–Trinajstić information content (AvgIpc) is 2.29. The van der Waals surface area contributed by atoms with E-state index in [0.29, 0.717) is 12.1 Å². The first kappa shape index (κ1) is 11.4. The second-order valence-electron chi connectivity index (χ2n) is 5.26. The maximum Gasteiger partial charge on any atom is 0.0725 e. The van der Waals surface area contributed by atoms with Gasteiger partial charge in [0.1, 0.15) is 0 Å². The van der Waals surface area contributed by atoms with Gasteiger partial charge in [-0.05, 0) is 45.1 Å². The third kappa shape index (κ3) is 3.46. The molecule has 2 rings (SSSR count). The van der Waals surface area contributed by atoms with Crippen LogP contribution >= 0.6 is 0 Å². The minimum atomic E-state index is 0.473. The molecule has 15 heavy (non-hydrogen) atoms. The van der Waals surface area contributed by atoms with Crippen molar-refractivity contribution in [3.8, 4) is 0 Å². The molecule has 1 heterocycles. The molecule has 0 aromatic rings. The minimum absolute atomic E-state index is 0.473. The van der Waals surface area contributed by atoms with Crippen LogP contribution in [0.1, 0.15) is 51.9 Å². The number of rotatable bonds is 3. The summed E-state index contributed by atoms with van der Waals surface area (Å²) in [5, 5.41) is 3.49. The molecule has 1 aliphatic carbocycles. The standard InChI is InChI=1S/C13H25NO/c1-11-13(8-5-9-14-11)15-10-12-6-3-2-4-7-12/h11-14H,2-10H2,1H3. The smallest absolute Gasteiger partial charge is 0.0725 e. The highest BCUT2D eigenvalue weighted by atomic mass is 16.5. The van der Waals surface area contributed by atoms with E-state index in [9.17, 15) is 0 Å². The van der Waals surface area contributed by atoms with Gasteiger partial charge < -0.3 is 10.1 Å². The van der Waals surface area contributed by atoms with Gasteiger partial charge in [-0.25, -0.2) is 0 Å². The summed E-state index contributed by atoms with van der Waals surface area (Å²) in [4.78, 5) is 0. The molecular weight excluding hydrogens is 186 g/mol. The lowest BCUT2D eigenvalue weighted by atomic mass is 9.90. The normalized spacial score (nSPS) is 34.2. The maximum atomic E-state index is 6.07. The van der Waals surface area contributed by atoms with Crippen LogP contribution in [-0.2, 0) is 4.74 Å². The van der Waals surface area contributed by atoms with Gasteiger partial charge in [0.15, 0.2) is 0 Å². The van der Waals surface area contributed by atoms with Gasteiger partial charge in [0.2, 0.25) is 0 Å². The molecule has 2 atom stereocenters. The SMILES string of the molecule is CC1NCCCC1OCC1CCCCC1. The Balaban J connectivity index is 1.67. The topological polar surface area (TPSA) is 21.3 Å². The second-order valence-corrected chi connectivity index (χ2v) is 5.26. The quantitative estimate of drug-likeness (QED) is 0.775. The molecule has 0 radical (unpaired) electrons. The summed E-state index contributed by atoms with van der Waals surface area (Å²) < 4.78 is 6.07. The van der Waals surface area contributed by atoms with Crippen molar-refractivity contribution in [2.45, 2.75) is 64.0 Å². The van der Waals surface area contributed by atoms with E-state index in [1.165, 1.54) is 51.5 Å². The predicted octanol–water partition coefficient (Wildman–Crippen LogP) is 2.72. The third-order valence-corrected chi connectivity index (χ3v) is 3.96. The zero-order chi connectivity index (χ0) is 10.5. The highest BCUT2D eigenvalue weighted by Crippen LogP contribution is 2.25. The second kappa shape index (κ2) is 5.86. The van der Waals surface area contributed by atoms with Crippen LogP contribution in [0.2, 0.25) is 0 Å². The van der Waals surface area contributed by atoms with E-state index < -0.39 is 0 Å². The lowest BCUT2D eigenvalue weighted by molar-refractivity contribution is -0.0117. The number of ether oxygens (including phenoxy) is 1. The van der Waals surface area contributed by atoms with Crippen molar-refractivity contribution in [2.24, 2.45) is 5.92 Å². The van der Waals surface area contributed by atoms with E-state index in [2.05, 4.69) is 12.2 Å². The van der Waals surface area contributed by atoms with Crippen LogP contribution in [0, 0.1) is 5.92 Å². The third-order valence-electron chi connectivity index (χ3n) is 3.96. The minimum Gasteiger partial charge on any atom is -0.376 e. The van der Waals surface area contributed by atoms with E-state index in [1.807, 2.05) is 0 Å². The number of piperidine rings is 1. The van der Waals surface area contributed by atoms with Crippen LogP contribution in [0.4, 0.5) is 0 Å². The van der Waals surface area contributed by atoms with Crippen LogP contribution < -0.4 is 5.32 Å². The van der Waals surface area contributed by atoms with Crippen LogP contribution in [0.5, 0.6) is 0 Å². The summed E-state index contributed by atoms with van der Waals surface area (Å²) in [6, 6.07) is 0.558. The molecule has 1 aliphatic heterocycles. The highest BCUT2D eigenvalue weighted by Gasteiger charge is 2.23. The Bertz CT molecular complexity index is 177. The zero-order valence-corrected chi connectivity index (χ0v) is 10.0. The first-order valence-corrected chi connectivity index (χ1v) is 6.71. The van der Waals surface area contributed by atoms with Gasteiger partial charge in [-0.1, -0.05) is 19.3 Å². The lowest BCUT2D eigenvalue weighted by Gasteiger charge is -2.32. The molecule has 0 aromatic carbocycles. The summed E-state index contributed by atoms with van der Waals surface area (Å²) in [5.41, 5.74) is 0. The molecule has 2 heteroatoms. The van der Waals surface area contributed by atoms with Gasteiger partial charge >= 0.3 is 0 Å².